The molecule has 24 heavy (non-hydrogen) atoms. The third kappa shape index (κ3) is 5.70. The number of esters is 1. The van der Waals surface area contributed by atoms with Crippen molar-refractivity contribution in [2.75, 3.05) is 17.7 Å². The molecule has 7 heteroatoms. The van der Waals surface area contributed by atoms with Crippen molar-refractivity contribution in [3.8, 4) is 0 Å². The molecule has 1 N–H and O–H groups in total. The lowest BCUT2D eigenvalue weighted by Gasteiger charge is -2.24. The molecule has 1 aromatic heterocycles. The smallest absolute Gasteiger partial charge is 0.315 e. The first kappa shape index (κ1) is 18.6. The topological polar surface area (TPSA) is 81.4 Å². The highest BCUT2D eigenvalue weighted by Gasteiger charge is 2.21. The number of rotatable bonds is 7. The van der Waals surface area contributed by atoms with E-state index >= 15 is 0 Å². The first-order valence-corrected chi connectivity index (χ1v) is 9.17. The summed E-state index contributed by atoms with van der Waals surface area (Å²) in [6.45, 7) is 6.12. The number of ether oxygens (including phenoxy) is 1. The number of hydrogen-bond donors (Lipinski definition) is 1. The van der Waals surface area contributed by atoms with Gasteiger partial charge in [-0.05, 0) is 38.5 Å². The quantitative estimate of drug-likeness (QED) is 0.599. The highest BCUT2D eigenvalue weighted by molar-refractivity contribution is 8.01. The van der Waals surface area contributed by atoms with Crippen molar-refractivity contribution in [3.05, 3.63) is 24.0 Å². The molecule has 0 spiro atoms. The Hall–Kier alpha value is -1.76. The summed E-state index contributed by atoms with van der Waals surface area (Å²) in [6, 6.07) is 1.64. The molecule has 0 saturated carbocycles. The minimum absolute atomic E-state index is 0.156. The molecule has 3 unspecified atom stereocenters. The van der Waals surface area contributed by atoms with E-state index in [0.29, 0.717) is 30.0 Å². The van der Waals surface area contributed by atoms with Crippen LogP contribution < -0.4 is 5.32 Å². The van der Waals surface area contributed by atoms with Gasteiger partial charge in [0, 0.05) is 6.07 Å². The SMILES string of the molecule is Cc1cc(NC(=O)C(C)SCC(=O)OCC2CC=CCC2C)no1. The van der Waals surface area contributed by atoms with Crippen LogP contribution in [0.25, 0.3) is 0 Å². The maximum atomic E-state index is 12.0. The van der Waals surface area contributed by atoms with Crippen LogP contribution in [0.5, 0.6) is 0 Å². The van der Waals surface area contributed by atoms with E-state index in [1.165, 1.54) is 11.8 Å². The summed E-state index contributed by atoms with van der Waals surface area (Å²) < 4.78 is 10.2. The number of hydrogen-bond acceptors (Lipinski definition) is 6. The molecule has 0 saturated heterocycles. The van der Waals surface area contributed by atoms with E-state index in [-0.39, 0.29) is 22.9 Å². The summed E-state index contributed by atoms with van der Waals surface area (Å²) in [7, 11) is 0. The van der Waals surface area contributed by atoms with Gasteiger partial charge in [-0.3, -0.25) is 9.59 Å². The number of anilines is 1. The van der Waals surface area contributed by atoms with Gasteiger partial charge >= 0.3 is 5.97 Å². The molecule has 1 heterocycles. The molecule has 2 rings (SSSR count). The van der Waals surface area contributed by atoms with Crippen LogP contribution in [0.15, 0.2) is 22.7 Å². The van der Waals surface area contributed by atoms with Crippen LogP contribution in [0.4, 0.5) is 5.82 Å². The van der Waals surface area contributed by atoms with Crippen LogP contribution in [0.2, 0.25) is 0 Å². The van der Waals surface area contributed by atoms with Gasteiger partial charge in [0.05, 0.1) is 17.6 Å². The molecule has 1 amide bonds. The van der Waals surface area contributed by atoms with Gasteiger partial charge in [-0.25, -0.2) is 0 Å². The van der Waals surface area contributed by atoms with Gasteiger partial charge in [0.15, 0.2) is 5.82 Å². The number of carbonyl (C=O) groups is 2. The fraction of sp³-hybridized carbons (Fsp3) is 0.588. The van der Waals surface area contributed by atoms with E-state index in [1.54, 1.807) is 19.9 Å². The Morgan fingerprint density at radius 1 is 1.46 bits per heavy atom. The van der Waals surface area contributed by atoms with Gasteiger partial charge in [-0.1, -0.05) is 24.2 Å². The highest BCUT2D eigenvalue weighted by Crippen LogP contribution is 2.25. The predicted octanol–water partition coefficient (Wildman–Crippen LogP) is 3.19. The standard InChI is InChI=1S/C17H24N2O4S/c1-11-6-4-5-7-14(11)9-22-16(20)10-24-13(3)17(21)18-15-8-12(2)23-19-15/h4-5,8,11,13-14H,6-7,9-10H2,1-3H3,(H,18,19,21). The molecular formula is C17H24N2O4S. The third-order valence-electron chi connectivity index (χ3n) is 4.08. The highest BCUT2D eigenvalue weighted by atomic mass is 32.2. The lowest BCUT2D eigenvalue weighted by atomic mass is 9.85. The van der Waals surface area contributed by atoms with Crippen LogP contribution >= 0.6 is 11.8 Å². The summed E-state index contributed by atoms with van der Waals surface area (Å²) in [4.78, 5) is 23.9. The van der Waals surface area contributed by atoms with Gasteiger partial charge in [-0.2, -0.15) is 0 Å². The number of nitrogens with one attached hydrogen (secondary N) is 1. The van der Waals surface area contributed by atoms with Crippen LogP contribution in [-0.2, 0) is 14.3 Å². The van der Waals surface area contributed by atoms with Gasteiger partial charge in [0.25, 0.3) is 0 Å². The maximum absolute atomic E-state index is 12.0. The second-order valence-corrected chi connectivity index (χ2v) is 7.46. The Labute approximate surface area is 146 Å². The zero-order valence-electron chi connectivity index (χ0n) is 14.3. The summed E-state index contributed by atoms with van der Waals surface area (Å²) in [5, 5.41) is 5.98. The average molecular weight is 352 g/mol. The van der Waals surface area contributed by atoms with E-state index in [4.69, 9.17) is 9.26 Å². The molecule has 1 aliphatic rings. The fourth-order valence-electron chi connectivity index (χ4n) is 2.40. The first-order valence-electron chi connectivity index (χ1n) is 8.12. The summed E-state index contributed by atoms with van der Waals surface area (Å²) >= 11 is 1.25. The Bertz CT molecular complexity index is 599. The molecule has 0 bridgehead atoms. The second-order valence-electron chi connectivity index (χ2n) is 6.13. The number of carbonyl (C=O) groups excluding carboxylic acids is 2. The van der Waals surface area contributed by atoms with E-state index in [9.17, 15) is 9.59 Å². The molecule has 132 valence electrons. The van der Waals surface area contributed by atoms with Crippen molar-refractivity contribution in [2.45, 2.75) is 38.9 Å². The summed E-state index contributed by atoms with van der Waals surface area (Å²) in [5.41, 5.74) is 0. The van der Waals surface area contributed by atoms with Crippen molar-refractivity contribution in [3.63, 3.8) is 0 Å². The van der Waals surface area contributed by atoms with Crippen LogP contribution in [0, 0.1) is 18.8 Å². The average Bonchev–Trinajstić information content (AvgIpc) is 2.96. The molecule has 0 fully saturated rings. The van der Waals surface area contributed by atoms with Crippen molar-refractivity contribution in [2.24, 2.45) is 11.8 Å². The van der Waals surface area contributed by atoms with Crippen LogP contribution in [0.3, 0.4) is 0 Å². The third-order valence-corrected chi connectivity index (χ3v) is 5.19. The Morgan fingerprint density at radius 3 is 2.88 bits per heavy atom. The molecule has 3 atom stereocenters. The summed E-state index contributed by atoms with van der Waals surface area (Å²) in [5.74, 6) is 1.59. The minimum atomic E-state index is -0.383. The van der Waals surface area contributed by atoms with E-state index < -0.39 is 0 Å². The molecule has 1 aromatic rings. The normalized spacial score (nSPS) is 21.3. The number of amides is 1. The van der Waals surface area contributed by atoms with E-state index in [0.717, 1.165) is 12.8 Å². The van der Waals surface area contributed by atoms with Crippen molar-refractivity contribution < 1.29 is 18.8 Å². The van der Waals surface area contributed by atoms with Gasteiger partial charge in [0.1, 0.15) is 5.76 Å². The Morgan fingerprint density at radius 2 is 2.21 bits per heavy atom. The number of allylic oxidation sites excluding steroid dienone is 2. The molecule has 1 aliphatic carbocycles. The largest absolute Gasteiger partial charge is 0.465 e. The zero-order chi connectivity index (χ0) is 17.5. The predicted molar refractivity (Wildman–Crippen MR) is 93.8 cm³/mol. The molecule has 6 nitrogen and oxygen atoms in total. The number of nitrogens with zero attached hydrogens (tertiary/aromatic N) is 1. The van der Waals surface area contributed by atoms with Crippen molar-refractivity contribution in [1.82, 2.24) is 5.16 Å². The van der Waals surface area contributed by atoms with Crippen LogP contribution in [0.1, 0.15) is 32.4 Å². The lowest BCUT2D eigenvalue weighted by Crippen LogP contribution is -2.25. The maximum Gasteiger partial charge on any atom is 0.315 e. The van der Waals surface area contributed by atoms with Gasteiger partial charge < -0.3 is 14.6 Å². The van der Waals surface area contributed by atoms with Crippen LogP contribution in [-0.4, -0.2) is 34.6 Å². The molecular weight excluding hydrogens is 328 g/mol. The molecule has 0 radical (unpaired) electrons. The minimum Gasteiger partial charge on any atom is -0.465 e. The summed E-state index contributed by atoms with van der Waals surface area (Å²) in [6.07, 6.45) is 6.31. The lowest BCUT2D eigenvalue weighted by molar-refractivity contribution is -0.142. The van der Waals surface area contributed by atoms with Crippen molar-refractivity contribution >= 4 is 29.5 Å². The Balaban J connectivity index is 1.66. The molecule has 0 aromatic carbocycles. The van der Waals surface area contributed by atoms with Crippen molar-refractivity contribution in [1.29, 1.82) is 0 Å². The second kappa shape index (κ2) is 8.92. The number of aromatic nitrogens is 1. The van der Waals surface area contributed by atoms with E-state index in [1.807, 2.05) is 0 Å². The number of thioether (sulfide) groups is 1. The number of aryl methyl sites for hydroxylation is 1. The fourth-order valence-corrected chi connectivity index (χ4v) is 3.08. The monoisotopic (exact) mass is 352 g/mol. The van der Waals surface area contributed by atoms with E-state index in [2.05, 4.69) is 29.5 Å². The zero-order valence-corrected chi connectivity index (χ0v) is 15.1. The molecule has 0 aliphatic heterocycles. The van der Waals surface area contributed by atoms with Gasteiger partial charge in [-0.15, -0.1) is 11.8 Å². The first-order chi connectivity index (χ1) is 11.5. The Kier molecular flexibility index (Phi) is 6.90. The van der Waals surface area contributed by atoms with Gasteiger partial charge in [0.2, 0.25) is 5.91 Å².